The number of amidine groups is 1. The van der Waals surface area contributed by atoms with Gasteiger partial charge in [-0.05, 0) is 49.4 Å². The molecule has 1 atom stereocenters. The van der Waals surface area contributed by atoms with Crippen LogP contribution in [0, 0.1) is 0 Å². The molecule has 0 aliphatic carbocycles. The molecule has 2 aliphatic rings. The van der Waals surface area contributed by atoms with E-state index in [0.29, 0.717) is 41.1 Å². The molecule has 1 amide bonds. The third-order valence-electron chi connectivity index (χ3n) is 5.95. The molecule has 0 saturated carbocycles. The van der Waals surface area contributed by atoms with Crippen molar-refractivity contribution < 1.29 is 23.8 Å². The lowest BCUT2D eigenvalue weighted by Crippen LogP contribution is -2.38. The molecule has 2 aromatic rings. The average Bonchev–Trinajstić information content (AvgIpc) is 3.29. The quantitative estimate of drug-likeness (QED) is 0.443. The van der Waals surface area contributed by atoms with Gasteiger partial charge < -0.3 is 24.4 Å². The Morgan fingerprint density at radius 2 is 1.89 bits per heavy atom. The lowest BCUT2D eigenvalue weighted by atomic mass is 9.93. The van der Waals surface area contributed by atoms with Gasteiger partial charge in [0.2, 0.25) is 5.91 Å². The molecule has 0 saturated heterocycles. The van der Waals surface area contributed by atoms with Crippen molar-refractivity contribution in [1.82, 2.24) is 10.2 Å². The SMILES string of the molecule is CCNC(=O)CC1=CSC2=NC(C)=C(C(=O)OCC)[C@@H](c3ccc(OCc4ccccc4)c(OC)c3)N12. The van der Waals surface area contributed by atoms with Gasteiger partial charge in [-0.2, -0.15) is 0 Å². The van der Waals surface area contributed by atoms with Gasteiger partial charge in [-0.3, -0.25) is 4.79 Å². The van der Waals surface area contributed by atoms with Gasteiger partial charge in [-0.1, -0.05) is 48.2 Å². The van der Waals surface area contributed by atoms with Crippen molar-refractivity contribution in [3.63, 3.8) is 0 Å². The van der Waals surface area contributed by atoms with Gasteiger partial charge in [-0.15, -0.1) is 0 Å². The maximum atomic E-state index is 13.2. The molecular formula is C28H31N3O5S. The van der Waals surface area contributed by atoms with E-state index in [0.717, 1.165) is 16.8 Å². The Kier molecular flexibility index (Phi) is 8.55. The maximum absolute atomic E-state index is 13.2. The Morgan fingerprint density at radius 3 is 2.59 bits per heavy atom. The standard InChI is InChI=1S/C28H31N3O5S/c1-5-29-24(32)15-21-17-37-28-30-18(3)25(27(33)35-6-2)26(31(21)28)20-12-13-22(23(14-20)34-4)36-16-19-10-8-7-9-11-19/h7-14,17,26H,5-6,15-16H2,1-4H3,(H,29,32)/t26-/m1/s1. The van der Waals surface area contributed by atoms with E-state index in [9.17, 15) is 9.59 Å². The number of thioether (sulfide) groups is 1. The zero-order chi connectivity index (χ0) is 26.4. The molecule has 194 valence electrons. The highest BCUT2D eigenvalue weighted by Crippen LogP contribution is 2.46. The molecule has 0 unspecified atom stereocenters. The van der Waals surface area contributed by atoms with Crippen molar-refractivity contribution in [2.75, 3.05) is 20.3 Å². The molecule has 0 bridgehead atoms. The summed E-state index contributed by atoms with van der Waals surface area (Å²) in [6, 6.07) is 15.0. The summed E-state index contributed by atoms with van der Waals surface area (Å²) in [6.45, 7) is 6.63. The van der Waals surface area contributed by atoms with Crippen molar-refractivity contribution in [2.45, 2.75) is 39.8 Å². The molecule has 8 nitrogen and oxygen atoms in total. The van der Waals surface area contributed by atoms with Gasteiger partial charge in [0.25, 0.3) is 0 Å². The van der Waals surface area contributed by atoms with Crippen LogP contribution in [0.1, 0.15) is 44.4 Å². The molecule has 2 aromatic carbocycles. The van der Waals surface area contributed by atoms with Gasteiger partial charge in [0.15, 0.2) is 16.7 Å². The number of hydrogen-bond acceptors (Lipinski definition) is 8. The summed E-state index contributed by atoms with van der Waals surface area (Å²) in [7, 11) is 1.59. The van der Waals surface area contributed by atoms with E-state index in [1.165, 1.54) is 11.8 Å². The fourth-order valence-corrected chi connectivity index (χ4v) is 5.25. The average molecular weight is 522 g/mol. The van der Waals surface area contributed by atoms with E-state index in [4.69, 9.17) is 14.2 Å². The molecule has 37 heavy (non-hydrogen) atoms. The number of carbonyl (C=O) groups is 2. The number of hydrogen-bond donors (Lipinski definition) is 1. The number of esters is 1. The topological polar surface area (TPSA) is 89.5 Å². The maximum Gasteiger partial charge on any atom is 0.338 e. The predicted molar refractivity (Wildman–Crippen MR) is 144 cm³/mol. The zero-order valence-corrected chi connectivity index (χ0v) is 22.3. The number of ether oxygens (including phenoxy) is 3. The number of carbonyl (C=O) groups excluding carboxylic acids is 2. The number of nitrogens with zero attached hydrogens (tertiary/aromatic N) is 2. The van der Waals surface area contributed by atoms with Crippen molar-refractivity contribution in [2.24, 2.45) is 4.99 Å². The van der Waals surface area contributed by atoms with Crippen LogP contribution in [0.4, 0.5) is 0 Å². The number of fused-ring (bicyclic) bond motifs is 1. The lowest BCUT2D eigenvalue weighted by molar-refractivity contribution is -0.139. The molecule has 0 aromatic heterocycles. The van der Waals surface area contributed by atoms with E-state index in [-0.39, 0.29) is 18.9 Å². The largest absolute Gasteiger partial charge is 0.493 e. The summed E-state index contributed by atoms with van der Waals surface area (Å²) in [5.74, 6) is 0.595. The summed E-state index contributed by atoms with van der Waals surface area (Å²) in [4.78, 5) is 32.2. The molecule has 0 radical (unpaired) electrons. The lowest BCUT2D eigenvalue weighted by Gasteiger charge is -2.36. The van der Waals surface area contributed by atoms with Crippen LogP contribution < -0.4 is 14.8 Å². The van der Waals surface area contributed by atoms with Gasteiger partial charge in [0, 0.05) is 12.2 Å². The molecule has 9 heteroatoms. The fourth-order valence-electron chi connectivity index (χ4n) is 4.29. The van der Waals surface area contributed by atoms with Gasteiger partial charge in [-0.25, -0.2) is 9.79 Å². The molecule has 2 heterocycles. The molecular weight excluding hydrogens is 490 g/mol. The minimum Gasteiger partial charge on any atom is -0.493 e. The third-order valence-corrected chi connectivity index (χ3v) is 6.84. The summed E-state index contributed by atoms with van der Waals surface area (Å²) in [6.07, 6.45) is 0.168. The normalized spacial score (nSPS) is 16.5. The Labute approximate surface area is 221 Å². The van der Waals surface area contributed by atoms with E-state index in [2.05, 4.69) is 10.3 Å². The Morgan fingerprint density at radius 1 is 1.11 bits per heavy atom. The highest BCUT2D eigenvalue weighted by Gasteiger charge is 2.41. The van der Waals surface area contributed by atoms with E-state index in [1.54, 1.807) is 21.0 Å². The molecule has 0 fully saturated rings. The first-order valence-corrected chi connectivity index (χ1v) is 13.1. The molecule has 4 rings (SSSR count). The van der Waals surface area contributed by atoms with E-state index < -0.39 is 12.0 Å². The first kappa shape index (κ1) is 26.3. The minimum absolute atomic E-state index is 0.0967. The fraction of sp³-hybridized carbons (Fsp3) is 0.321. The Bertz CT molecular complexity index is 1260. The zero-order valence-electron chi connectivity index (χ0n) is 21.4. The number of aliphatic imine (C=N–C) groups is 1. The highest BCUT2D eigenvalue weighted by atomic mass is 32.2. The molecule has 0 spiro atoms. The second kappa shape index (κ2) is 12.0. The summed E-state index contributed by atoms with van der Waals surface area (Å²) in [5.41, 5.74) is 3.60. The van der Waals surface area contributed by atoms with Crippen molar-refractivity contribution >= 4 is 28.8 Å². The Hall–Kier alpha value is -3.72. The van der Waals surface area contributed by atoms with Crippen LogP contribution in [-0.4, -0.2) is 42.2 Å². The summed E-state index contributed by atoms with van der Waals surface area (Å²) >= 11 is 1.43. The number of nitrogens with one attached hydrogen (secondary N) is 1. The van der Waals surface area contributed by atoms with E-state index in [1.807, 2.05) is 65.8 Å². The number of methoxy groups -OCH3 is 1. The number of rotatable bonds is 10. The van der Waals surface area contributed by atoms with Crippen LogP contribution in [0.25, 0.3) is 0 Å². The van der Waals surface area contributed by atoms with Crippen LogP contribution in [0.5, 0.6) is 11.5 Å². The van der Waals surface area contributed by atoms with Crippen LogP contribution in [0.2, 0.25) is 0 Å². The van der Waals surface area contributed by atoms with E-state index >= 15 is 0 Å². The molecule has 2 aliphatic heterocycles. The summed E-state index contributed by atoms with van der Waals surface area (Å²) < 4.78 is 17.1. The number of benzene rings is 2. The second-order valence-corrected chi connectivity index (χ2v) is 9.26. The van der Waals surface area contributed by atoms with Gasteiger partial charge in [0.1, 0.15) is 6.61 Å². The summed E-state index contributed by atoms with van der Waals surface area (Å²) in [5, 5.41) is 5.46. The highest BCUT2D eigenvalue weighted by molar-refractivity contribution is 8.16. The van der Waals surface area contributed by atoms with Crippen molar-refractivity contribution in [3.8, 4) is 11.5 Å². The van der Waals surface area contributed by atoms with Gasteiger partial charge in [0.05, 0.1) is 37.4 Å². The molecule has 1 N–H and O–H groups in total. The van der Waals surface area contributed by atoms with Gasteiger partial charge >= 0.3 is 5.97 Å². The second-order valence-electron chi connectivity index (χ2n) is 8.43. The van der Waals surface area contributed by atoms with Crippen LogP contribution >= 0.6 is 11.8 Å². The van der Waals surface area contributed by atoms with Crippen LogP contribution in [0.3, 0.4) is 0 Å². The van der Waals surface area contributed by atoms with Crippen LogP contribution in [-0.2, 0) is 20.9 Å². The first-order chi connectivity index (χ1) is 18.0. The minimum atomic E-state index is -0.542. The number of amides is 1. The van der Waals surface area contributed by atoms with Crippen molar-refractivity contribution in [1.29, 1.82) is 0 Å². The van der Waals surface area contributed by atoms with Crippen LogP contribution in [0.15, 0.2) is 75.9 Å². The smallest absolute Gasteiger partial charge is 0.338 e. The Balaban J connectivity index is 1.71. The third kappa shape index (κ3) is 5.83. The van der Waals surface area contributed by atoms with Crippen molar-refractivity contribution in [3.05, 3.63) is 82.0 Å². The predicted octanol–water partition coefficient (Wildman–Crippen LogP) is 4.94. The monoisotopic (exact) mass is 521 g/mol. The number of allylic oxidation sites excluding steroid dienone is 1. The first-order valence-electron chi connectivity index (χ1n) is 12.2.